The number of H-pyrrole nitrogens is 1. The molecule has 0 fully saturated rings. The number of nitrogens with zero attached hydrogens (tertiary/aromatic N) is 2. The van der Waals surface area contributed by atoms with Gasteiger partial charge in [-0.15, -0.1) is 5.10 Å². The highest BCUT2D eigenvalue weighted by molar-refractivity contribution is 6.01. The van der Waals surface area contributed by atoms with Crippen LogP contribution in [-0.4, -0.2) is 27.3 Å². The van der Waals surface area contributed by atoms with E-state index in [-0.39, 0.29) is 0 Å². The summed E-state index contributed by atoms with van der Waals surface area (Å²) in [6.07, 6.45) is -2.57. The largest absolute Gasteiger partial charge is 0.358 e. The zero-order valence-corrected chi connectivity index (χ0v) is 6.03. The second kappa shape index (κ2) is 3.25. The van der Waals surface area contributed by atoms with E-state index < -0.39 is 28.5 Å². The third-order valence-corrected chi connectivity index (χ3v) is 1.27. The van der Waals surface area contributed by atoms with Gasteiger partial charge in [0, 0.05) is 0 Å². The molecule has 0 aliphatic carbocycles. The Morgan fingerprint density at radius 1 is 1.69 bits per heavy atom. The monoisotopic (exact) mass is 191 g/mol. The second-order valence-corrected chi connectivity index (χ2v) is 2.05. The van der Waals surface area contributed by atoms with Gasteiger partial charge >= 0.3 is 12.2 Å². The van der Waals surface area contributed by atoms with Gasteiger partial charge in [0.05, 0.1) is 6.20 Å². The maximum absolute atomic E-state index is 11.8. The number of halogens is 2. The molecule has 1 rings (SSSR count). The normalized spacial score (nSPS) is 10.4. The van der Waals surface area contributed by atoms with Crippen molar-refractivity contribution in [3.63, 3.8) is 0 Å². The molecule has 1 N–H and O–H groups in total. The van der Waals surface area contributed by atoms with Crippen molar-refractivity contribution < 1.29 is 18.5 Å². The standard InChI is InChI=1S/C5H3F2N3O3/c6-4(7)3(11)2-1-8-9-5(2)10(12)13/h1,4H,(H,8,9). The van der Waals surface area contributed by atoms with Crippen molar-refractivity contribution in [2.45, 2.75) is 6.43 Å². The van der Waals surface area contributed by atoms with Crippen molar-refractivity contribution in [3.8, 4) is 0 Å². The molecule has 0 aromatic carbocycles. The fourth-order valence-electron chi connectivity index (χ4n) is 0.716. The van der Waals surface area contributed by atoms with Crippen LogP contribution in [0.25, 0.3) is 0 Å². The SMILES string of the molecule is O=C(c1cn[nH]c1[N+](=O)[O-])C(F)F. The maximum Gasteiger partial charge on any atom is 0.353 e. The Balaban J connectivity index is 3.08. The van der Waals surface area contributed by atoms with Crippen molar-refractivity contribution in [1.29, 1.82) is 0 Å². The topological polar surface area (TPSA) is 88.9 Å². The lowest BCUT2D eigenvalue weighted by Crippen LogP contribution is -2.11. The Morgan fingerprint density at radius 3 is 2.77 bits per heavy atom. The number of Topliss-reactive ketones (excluding diaryl/α,β-unsaturated/α-hetero) is 1. The second-order valence-electron chi connectivity index (χ2n) is 2.05. The van der Waals surface area contributed by atoms with Crippen LogP contribution >= 0.6 is 0 Å². The first kappa shape index (κ1) is 9.23. The molecular weight excluding hydrogens is 188 g/mol. The summed E-state index contributed by atoms with van der Waals surface area (Å²) in [4.78, 5) is 19.8. The number of aromatic amines is 1. The minimum atomic E-state index is -3.27. The van der Waals surface area contributed by atoms with Gasteiger partial charge in [0.2, 0.25) is 5.78 Å². The number of aromatic nitrogens is 2. The predicted octanol–water partition coefficient (Wildman–Crippen LogP) is 0.766. The quantitative estimate of drug-likeness (QED) is 0.434. The van der Waals surface area contributed by atoms with Crippen molar-refractivity contribution in [3.05, 3.63) is 21.9 Å². The highest BCUT2D eigenvalue weighted by Crippen LogP contribution is 2.17. The molecule has 0 aliphatic heterocycles. The number of nitrogens with one attached hydrogen (secondary N) is 1. The molecule has 1 heterocycles. The Kier molecular flexibility index (Phi) is 2.31. The number of rotatable bonds is 3. The number of ketones is 1. The Bertz CT molecular complexity index is 349. The van der Waals surface area contributed by atoms with Gasteiger partial charge in [-0.1, -0.05) is 5.10 Å². The average Bonchev–Trinajstić information content (AvgIpc) is 2.50. The minimum absolute atomic E-state index is 0.701. The van der Waals surface area contributed by atoms with E-state index in [1.165, 1.54) is 0 Å². The van der Waals surface area contributed by atoms with Gasteiger partial charge in [0.15, 0.2) is 0 Å². The molecule has 8 heteroatoms. The zero-order chi connectivity index (χ0) is 10.0. The molecule has 0 amide bonds. The lowest BCUT2D eigenvalue weighted by Gasteiger charge is -1.95. The van der Waals surface area contributed by atoms with E-state index in [4.69, 9.17) is 0 Å². The number of carbonyl (C=O) groups excluding carboxylic acids is 1. The lowest BCUT2D eigenvalue weighted by atomic mass is 10.2. The highest BCUT2D eigenvalue weighted by Gasteiger charge is 2.27. The molecule has 0 atom stereocenters. The fourth-order valence-corrected chi connectivity index (χ4v) is 0.716. The Morgan fingerprint density at radius 2 is 2.31 bits per heavy atom. The van der Waals surface area contributed by atoms with Crippen LogP contribution in [0.5, 0.6) is 0 Å². The third-order valence-electron chi connectivity index (χ3n) is 1.27. The average molecular weight is 191 g/mol. The van der Waals surface area contributed by atoms with Crippen LogP contribution in [0, 0.1) is 10.1 Å². The number of hydrogen-bond acceptors (Lipinski definition) is 4. The van der Waals surface area contributed by atoms with E-state index in [0.29, 0.717) is 6.20 Å². The molecule has 1 aromatic heterocycles. The van der Waals surface area contributed by atoms with Gasteiger partial charge in [-0.05, 0) is 4.92 Å². The summed E-state index contributed by atoms with van der Waals surface area (Å²) < 4.78 is 23.6. The summed E-state index contributed by atoms with van der Waals surface area (Å²) >= 11 is 0. The van der Waals surface area contributed by atoms with Gasteiger partial charge in [0.1, 0.15) is 5.56 Å². The number of nitro groups is 1. The molecule has 70 valence electrons. The molecule has 1 aromatic rings. The zero-order valence-electron chi connectivity index (χ0n) is 6.03. The van der Waals surface area contributed by atoms with Gasteiger partial charge in [-0.2, -0.15) is 0 Å². The van der Waals surface area contributed by atoms with Crippen LogP contribution in [0.2, 0.25) is 0 Å². The van der Waals surface area contributed by atoms with E-state index in [9.17, 15) is 23.7 Å². The molecule has 0 bridgehead atoms. The van der Waals surface area contributed by atoms with Gasteiger partial charge in [0.25, 0.3) is 0 Å². The first-order chi connectivity index (χ1) is 6.04. The van der Waals surface area contributed by atoms with Crippen molar-refractivity contribution in [1.82, 2.24) is 10.2 Å². The summed E-state index contributed by atoms with van der Waals surface area (Å²) in [5.41, 5.74) is -0.708. The summed E-state index contributed by atoms with van der Waals surface area (Å²) in [6, 6.07) is 0. The molecule has 0 spiro atoms. The molecule has 0 radical (unpaired) electrons. The van der Waals surface area contributed by atoms with E-state index in [1.54, 1.807) is 0 Å². The summed E-state index contributed by atoms with van der Waals surface area (Å²) in [5.74, 6) is -2.43. The van der Waals surface area contributed by atoms with Crippen molar-refractivity contribution in [2.24, 2.45) is 0 Å². The minimum Gasteiger partial charge on any atom is -0.358 e. The van der Waals surface area contributed by atoms with E-state index in [0.717, 1.165) is 0 Å². The summed E-state index contributed by atoms with van der Waals surface area (Å²) in [5, 5.41) is 15.1. The van der Waals surface area contributed by atoms with Crippen LogP contribution in [0.15, 0.2) is 6.20 Å². The van der Waals surface area contributed by atoms with Crippen LogP contribution in [0.4, 0.5) is 14.6 Å². The number of alkyl halides is 2. The Labute approximate surface area is 69.7 Å². The first-order valence-electron chi connectivity index (χ1n) is 3.04. The van der Waals surface area contributed by atoms with Crippen molar-refractivity contribution >= 4 is 11.6 Å². The van der Waals surface area contributed by atoms with Gasteiger partial charge in [-0.3, -0.25) is 4.79 Å². The van der Waals surface area contributed by atoms with E-state index >= 15 is 0 Å². The molecule has 0 aliphatic rings. The molecule has 0 unspecified atom stereocenters. The third kappa shape index (κ3) is 1.66. The van der Waals surface area contributed by atoms with E-state index in [2.05, 4.69) is 5.10 Å². The van der Waals surface area contributed by atoms with Crippen LogP contribution in [0.3, 0.4) is 0 Å². The first-order valence-corrected chi connectivity index (χ1v) is 3.04. The smallest absolute Gasteiger partial charge is 0.353 e. The molecular formula is C5H3F2N3O3. The van der Waals surface area contributed by atoms with Crippen LogP contribution in [-0.2, 0) is 0 Å². The number of carbonyl (C=O) groups is 1. The molecule has 0 saturated carbocycles. The van der Waals surface area contributed by atoms with Gasteiger partial charge < -0.3 is 10.1 Å². The summed E-state index contributed by atoms with van der Waals surface area (Å²) in [7, 11) is 0. The molecule has 6 nitrogen and oxygen atoms in total. The lowest BCUT2D eigenvalue weighted by molar-refractivity contribution is -0.389. The van der Waals surface area contributed by atoms with Crippen LogP contribution in [0.1, 0.15) is 10.4 Å². The predicted molar refractivity (Wildman–Crippen MR) is 35.6 cm³/mol. The highest BCUT2D eigenvalue weighted by atomic mass is 19.3. The fraction of sp³-hybridized carbons (Fsp3) is 0.200. The number of hydrogen-bond donors (Lipinski definition) is 1. The summed E-state index contributed by atoms with van der Waals surface area (Å²) in [6.45, 7) is 0. The van der Waals surface area contributed by atoms with Gasteiger partial charge in [-0.25, -0.2) is 8.78 Å². The Hall–Kier alpha value is -1.86. The molecule has 13 heavy (non-hydrogen) atoms. The van der Waals surface area contributed by atoms with Crippen LogP contribution < -0.4 is 0 Å². The maximum atomic E-state index is 11.8. The molecule has 0 saturated heterocycles. The van der Waals surface area contributed by atoms with E-state index in [1.807, 2.05) is 5.10 Å². The van der Waals surface area contributed by atoms with Crippen molar-refractivity contribution in [2.75, 3.05) is 0 Å².